The second kappa shape index (κ2) is 4.80. The fraction of sp³-hybridized carbons (Fsp3) is 0.200. The van der Waals surface area contributed by atoms with Gasteiger partial charge in [0.15, 0.2) is 0 Å². The van der Waals surface area contributed by atoms with E-state index in [2.05, 4.69) is 4.72 Å². The topological polar surface area (TPSA) is 46.2 Å². The van der Waals surface area contributed by atoms with Crippen LogP contribution in [0.4, 0.5) is 14.5 Å². The average molecular weight is 309 g/mol. The van der Waals surface area contributed by atoms with Crippen molar-refractivity contribution < 1.29 is 17.2 Å². The first kappa shape index (κ1) is 14.0. The largest absolute Gasteiger partial charge is 0.280 e. The highest BCUT2D eigenvalue weighted by Gasteiger charge is 2.57. The van der Waals surface area contributed by atoms with Crippen molar-refractivity contribution >= 4 is 15.7 Å². The van der Waals surface area contributed by atoms with E-state index in [1.807, 2.05) is 0 Å². The van der Waals surface area contributed by atoms with Crippen molar-refractivity contribution in [2.24, 2.45) is 0 Å². The van der Waals surface area contributed by atoms with Gasteiger partial charge in [0, 0.05) is 12.1 Å². The molecule has 0 aliphatic heterocycles. The third-order valence-corrected chi connectivity index (χ3v) is 4.80. The van der Waals surface area contributed by atoms with Crippen molar-refractivity contribution in [3.05, 3.63) is 60.2 Å². The lowest BCUT2D eigenvalue weighted by Crippen LogP contribution is -2.13. The molecule has 0 heterocycles. The molecule has 6 heteroatoms. The summed E-state index contributed by atoms with van der Waals surface area (Å²) in [7, 11) is -3.77. The summed E-state index contributed by atoms with van der Waals surface area (Å²) >= 11 is 0. The summed E-state index contributed by atoms with van der Waals surface area (Å²) in [5.41, 5.74) is 0.788. The number of benzene rings is 2. The van der Waals surface area contributed by atoms with Gasteiger partial charge < -0.3 is 0 Å². The highest BCUT2D eigenvalue weighted by Crippen LogP contribution is 2.55. The molecule has 2 aromatic carbocycles. The predicted octanol–water partition coefficient (Wildman–Crippen LogP) is 3.61. The van der Waals surface area contributed by atoms with Gasteiger partial charge in [0.05, 0.1) is 10.8 Å². The first-order valence-corrected chi connectivity index (χ1v) is 7.92. The van der Waals surface area contributed by atoms with E-state index in [0.29, 0.717) is 11.3 Å². The van der Waals surface area contributed by atoms with Gasteiger partial charge in [-0.3, -0.25) is 4.72 Å². The van der Waals surface area contributed by atoms with Crippen LogP contribution in [0, 0.1) is 0 Å². The first-order valence-electron chi connectivity index (χ1n) is 6.44. The maximum absolute atomic E-state index is 13.1. The Labute approximate surface area is 121 Å². The predicted molar refractivity (Wildman–Crippen MR) is 76.0 cm³/mol. The molecule has 0 radical (unpaired) electrons. The molecule has 0 bridgehead atoms. The average Bonchev–Trinajstić information content (AvgIpc) is 3.09. The number of para-hydroxylation sites is 1. The van der Waals surface area contributed by atoms with Gasteiger partial charge in [-0.1, -0.05) is 30.3 Å². The van der Waals surface area contributed by atoms with Crippen molar-refractivity contribution in [1.29, 1.82) is 0 Å². The zero-order valence-corrected chi connectivity index (χ0v) is 11.8. The van der Waals surface area contributed by atoms with Crippen molar-refractivity contribution in [2.45, 2.75) is 23.2 Å². The zero-order chi connectivity index (χ0) is 15.1. The lowest BCUT2D eigenvalue weighted by Gasteiger charge is -2.09. The Kier molecular flexibility index (Phi) is 3.20. The third kappa shape index (κ3) is 2.90. The summed E-state index contributed by atoms with van der Waals surface area (Å²) in [5.74, 6) is -3.58. The number of alkyl halides is 2. The van der Waals surface area contributed by atoms with Crippen LogP contribution in [0.5, 0.6) is 0 Å². The van der Waals surface area contributed by atoms with Crippen molar-refractivity contribution in [2.75, 3.05) is 4.72 Å². The Morgan fingerprint density at radius 2 is 1.71 bits per heavy atom. The van der Waals surface area contributed by atoms with Crippen LogP contribution in [0.15, 0.2) is 59.5 Å². The van der Waals surface area contributed by atoms with E-state index in [0.717, 1.165) is 0 Å². The van der Waals surface area contributed by atoms with Gasteiger partial charge in [-0.25, -0.2) is 17.2 Å². The molecule has 0 amide bonds. The van der Waals surface area contributed by atoms with E-state index in [1.54, 1.807) is 30.3 Å². The van der Waals surface area contributed by atoms with E-state index in [1.165, 1.54) is 24.3 Å². The summed E-state index contributed by atoms with van der Waals surface area (Å²) in [4.78, 5) is -0.00782. The van der Waals surface area contributed by atoms with E-state index < -0.39 is 21.9 Å². The summed E-state index contributed by atoms with van der Waals surface area (Å²) in [6.45, 7) is 0. The molecule has 3 rings (SSSR count). The number of hydrogen-bond acceptors (Lipinski definition) is 2. The fourth-order valence-corrected chi connectivity index (χ4v) is 3.31. The van der Waals surface area contributed by atoms with Gasteiger partial charge in [-0.05, 0) is 29.8 Å². The van der Waals surface area contributed by atoms with Crippen LogP contribution < -0.4 is 4.72 Å². The number of rotatable bonds is 4. The van der Waals surface area contributed by atoms with E-state index in [-0.39, 0.29) is 11.3 Å². The minimum Gasteiger partial charge on any atom is -0.280 e. The molecular weight excluding hydrogens is 296 g/mol. The van der Waals surface area contributed by atoms with Crippen LogP contribution in [0.2, 0.25) is 0 Å². The highest BCUT2D eigenvalue weighted by molar-refractivity contribution is 7.92. The van der Waals surface area contributed by atoms with Gasteiger partial charge in [0.1, 0.15) is 0 Å². The first-order chi connectivity index (χ1) is 9.88. The minimum atomic E-state index is -3.77. The van der Waals surface area contributed by atoms with Gasteiger partial charge in [-0.2, -0.15) is 0 Å². The maximum atomic E-state index is 13.1. The lowest BCUT2D eigenvalue weighted by atomic mass is 10.1. The molecule has 110 valence electrons. The summed E-state index contributed by atoms with van der Waals surface area (Å²) < 4.78 is 53.1. The smallest absolute Gasteiger partial charge is 0.261 e. The summed E-state index contributed by atoms with van der Waals surface area (Å²) in [6, 6.07) is 14.2. The Hall–Kier alpha value is -1.95. The lowest BCUT2D eigenvalue weighted by molar-refractivity contribution is 0.112. The van der Waals surface area contributed by atoms with E-state index >= 15 is 0 Å². The SMILES string of the molecule is O=S(=O)(Nc1ccccc1)c1cccc(C2CC2(F)F)c1. The standard InChI is InChI=1S/C15H13F2NO2S/c16-15(17)10-14(15)11-5-4-8-13(9-11)21(19,20)18-12-6-2-1-3-7-12/h1-9,14,18H,10H2. The second-order valence-electron chi connectivity index (χ2n) is 5.06. The molecule has 0 saturated heterocycles. The van der Waals surface area contributed by atoms with Gasteiger partial charge in [0.2, 0.25) is 0 Å². The van der Waals surface area contributed by atoms with Gasteiger partial charge in [0.25, 0.3) is 15.9 Å². The Bertz CT molecular complexity index is 760. The van der Waals surface area contributed by atoms with Crippen LogP contribution in [-0.2, 0) is 10.0 Å². The van der Waals surface area contributed by atoms with Crippen LogP contribution in [-0.4, -0.2) is 14.3 Å². The second-order valence-corrected chi connectivity index (χ2v) is 6.74. The van der Waals surface area contributed by atoms with Crippen molar-refractivity contribution in [3.8, 4) is 0 Å². The molecule has 1 saturated carbocycles. The fourth-order valence-electron chi connectivity index (χ4n) is 2.19. The molecule has 1 atom stereocenters. The molecule has 1 aliphatic carbocycles. The van der Waals surface area contributed by atoms with Gasteiger partial charge >= 0.3 is 0 Å². The minimum absolute atomic E-state index is 0.00782. The summed E-state index contributed by atoms with van der Waals surface area (Å²) in [6.07, 6.45) is -0.220. The van der Waals surface area contributed by atoms with Crippen molar-refractivity contribution in [1.82, 2.24) is 0 Å². The van der Waals surface area contributed by atoms with Crippen LogP contribution in [0.3, 0.4) is 0 Å². The Balaban J connectivity index is 1.88. The molecule has 0 spiro atoms. The molecule has 0 aromatic heterocycles. The molecule has 1 aliphatic rings. The van der Waals surface area contributed by atoms with Crippen LogP contribution in [0.25, 0.3) is 0 Å². The quantitative estimate of drug-likeness (QED) is 0.938. The summed E-state index contributed by atoms with van der Waals surface area (Å²) in [5, 5.41) is 0. The van der Waals surface area contributed by atoms with Crippen LogP contribution in [0.1, 0.15) is 17.9 Å². The molecule has 21 heavy (non-hydrogen) atoms. The Morgan fingerprint density at radius 3 is 2.33 bits per heavy atom. The number of halogens is 2. The number of sulfonamides is 1. The molecule has 1 N–H and O–H groups in total. The number of nitrogens with one attached hydrogen (secondary N) is 1. The van der Waals surface area contributed by atoms with E-state index in [9.17, 15) is 17.2 Å². The maximum Gasteiger partial charge on any atom is 0.261 e. The van der Waals surface area contributed by atoms with Crippen molar-refractivity contribution in [3.63, 3.8) is 0 Å². The van der Waals surface area contributed by atoms with Crippen LogP contribution >= 0.6 is 0 Å². The molecular formula is C15H13F2NO2S. The molecule has 2 aromatic rings. The molecule has 3 nitrogen and oxygen atoms in total. The van der Waals surface area contributed by atoms with Gasteiger partial charge in [-0.15, -0.1) is 0 Å². The zero-order valence-electron chi connectivity index (χ0n) is 11.0. The molecule has 1 fully saturated rings. The number of anilines is 1. The molecule has 1 unspecified atom stereocenters. The van der Waals surface area contributed by atoms with E-state index in [4.69, 9.17) is 0 Å². The Morgan fingerprint density at radius 1 is 1.05 bits per heavy atom. The third-order valence-electron chi connectivity index (χ3n) is 3.42. The monoisotopic (exact) mass is 309 g/mol. The normalized spacial score (nSPS) is 20.0. The number of hydrogen-bond donors (Lipinski definition) is 1. The highest BCUT2D eigenvalue weighted by atomic mass is 32.2.